The molecule has 0 aliphatic carbocycles. The summed E-state index contributed by atoms with van der Waals surface area (Å²) in [6.45, 7) is 5.55. The molecule has 1 aromatic heterocycles. The molecule has 0 unspecified atom stereocenters. The first-order valence-corrected chi connectivity index (χ1v) is 10.8. The number of nitrogens with zero attached hydrogens (tertiary/aromatic N) is 4. The van der Waals surface area contributed by atoms with E-state index >= 15 is 0 Å². The summed E-state index contributed by atoms with van der Waals surface area (Å²) in [5, 5.41) is 14.5. The Morgan fingerprint density at radius 2 is 1.53 bits per heavy atom. The predicted octanol–water partition coefficient (Wildman–Crippen LogP) is 3.84. The second kappa shape index (κ2) is 12.4. The molecule has 0 bridgehead atoms. The maximum atomic E-state index is 4.73. The highest BCUT2D eigenvalue weighted by Gasteiger charge is 2.13. The van der Waals surface area contributed by atoms with Gasteiger partial charge in [0, 0.05) is 32.1 Å². The highest BCUT2D eigenvalue weighted by Crippen LogP contribution is 2.27. The van der Waals surface area contributed by atoms with Crippen molar-refractivity contribution in [3.63, 3.8) is 0 Å². The van der Waals surface area contributed by atoms with Crippen LogP contribution in [0.3, 0.4) is 0 Å². The lowest BCUT2D eigenvalue weighted by Crippen LogP contribution is -2.38. The molecule has 0 radical (unpaired) electrons. The summed E-state index contributed by atoms with van der Waals surface area (Å²) in [7, 11) is 0. The molecule has 0 saturated carbocycles. The quantitative estimate of drug-likeness (QED) is 0.289. The fourth-order valence-corrected chi connectivity index (χ4v) is 3.51. The molecule has 6 nitrogen and oxygen atoms in total. The average Bonchev–Trinajstić information content (AvgIpc) is 3.31. The van der Waals surface area contributed by atoms with Crippen LogP contribution in [0.25, 0.3) is 0 Å². The van der Waals surface area contributed by atoms with Crippen molar-refractivity contribution in [2.45, 2.75) is 38.6 Å². The first-order valence-electron chi connectivity index (χ1n) is 10.8. The Hall–Kier alpha value is -3.15. The molecular weight excluding hydrogens is 372 g/mol. The third-order valence-corrected chi connectivity index (χ3v) is 5.03. The third-order valence-electron chi connectivity index (χ3n) is 5.03. The summed E-state index contributed by atoms with van der Waals surface area (Å²) in [6.07, 6.45) is 6.61. The molecular formula is C24H32N6. The highest BCUT2D eigenvalue weighted by molar-refractivity contribution is 5.79. The Morgan fingerprint density at radius 3 is 2.13 bits per heavy atom. The van der Waals surface area contributed by atoms with Crippen LogP contribution in [0.15, 0.2) is 78.3 Å². The van der Waals surface area contributed by atoms with Gasteiger partial charge in [-0.3, -0.25) is 4.99 Å². The van der Waals surface area contributed by atoms with E-state index in [1.807, 2.05) is 4.57 Å². The number of rotatable bonds is 11. The minimum absolute atomic E-state index is 0.367. The monoisotopic (exact) mass is 404 g/mol. The largest absolute Gasteiger partial charge is 0.357 e. The van der Waals surface area contributed by atoms with E-state index in [1.165, 1.54) is 11.1 Å². The fraction of sp³-hybridized carbons (Fsp3) is 0.375. The standard InChI is InChI=1S/C24H32N6/c1-2-25-24(26-16-9-10-18-30-19-28-29-20-30)27-17-15-23(21-11-5-3-6-12-21)22-13-7-4-8-14-22/h3-8,11-14,19-20,23H,2,9-10,15-18H2,1H3,(H2,25,26,27). The Morgan fingerprint density at radius 1 is 0.900 bits per heavy atom. The van der Waals surface area contributed by atoms with Gasteiger partial charge < -0.3 is 15.2 Å². The number of benzene rings is 2. The first-order chi connectivity index (χ1) is 14.9. The number of hydrogen-bond acceptors (Lipinski definition) is 3. The van der Waals surface area contributed by atoms with Crippen molar-refractivity contribution in [3.8, 4) is 0 Å². The molecule has 3 aromatic rings. The number of nitrogens with one attached hydrogen (secondary N) is 2. The molecule has 0 saturated heterocycles. The second-order valence-electron chi connectivity index (χ2n) is 7.26. The maximum Gasteiger partial charge on any atom is 0.191 e. The van der Waals surface area contributed by atoms with Crippen LogP contribution in [0.1, 0.15) is 43.2 Å². The Bertz CT molecular complexity index is 806. The lowest BCUT2D eigenvalue weighted by Gasteiger charge is -2.19. The number of hydrogen-bond donors (Lipinski definition) is 2. The van der Waals surface area contributed by atoms with Gasteiger partial charge in [-0.1, -0.05) is 60.7 Å². The van der Waals surface area contributed by atoms with Gasteiger partial charge in [-0.25, -0.2) is 0 Å². The number of aryl methyl sites for hydroxylation is 1. The van der Waals surface area contributed by atoms with E-state index in [-0.39, 0.29) is 0 Å². The first kappa shape index (κ1) is 21.6. The zero-order valence-electron chi connectivity index (χ0n) is 17.7. The van der Waals surface area contributed by atoms with Gasteiger partial charge >= 0.3 is 0 Å². The predicted molar refractivity (Wildman–Crippen MR) is 123 cm³/mol. The van der Waals surface area contributed by atoms with Gasteiger partial charge in [0.05, 0.1) is 0 Å². The summed E-state index contributed by atoms with van der Waals surface area (Å²) in [5.41, 5.74) is 2.70. The molecule has 0 fully saturated rings. The highest BCUT2D eigenvalue weighted by atomic mass is 15.2. The normalized spacial score (nSPS) is 11.6. The van der Waals surface area contributed by atoms with Gasteiger partial charge in [0.25, 0.3) is 0 Å². The van der Waals surface area contributed by atoms with Crippen molar-refractivity contribution in [2.75, 3.05) is 19.6 Å². The van der Waals surface area contributed by atoms with Crippen LogP contribution < -0.4 is 10.6 Å². The van der Waals surface area contributed by atoms with E-state index < -0.39 is 0 Å². The molecule has 2 N–H and O–H groups in total. The van der Waals surface area contributed by atoms with Crippen LogP contribution in [-0.2, 0) is 6.54 Å². The summed E-state index contributed by atoms with van der Waals surface area (Å²) in [4.78, 5) is 4.73. The molecule has 3 rings (SSSR count). The van der Waals surface area contributed by atoms with E-state index in [0.717, 1.165) is 51.4 Å². The van der Waals surface area contributed by atoms with E-state index in [2.05, 4.69) is 88.4 Å². The topological polar surface area (TPSA) is 67.1 Å². The van der Waals surface area contributed by atoms with Gasteiger partial charge in [-0.2, -0.15) is 0 Å². The zero-order chi connectivity index (χ0) is 20.9. The number of aromatic nitrogens is 3. The van der Waals surface area contributed by atoms with E-state index in [4.69, 9.17) is 4.99 Å². The molecule has 30 heavy (non-hydrogen) atoms. The summed E-state index contributed by atoms with van der Waals surface area (Å²) in [6, 6.07) is 21.5. The van der Waals surface area contributed by atoms with Crippen molar-refractivity contribution in [1.29, 1.82) is 0 Å². The molecule has 0 spiro atoms. The number of unbranched alkanes of at least 4 members (excludes halogenated alkanes) is 1. The van der Waals surface area contributed by atoms with E-state index in [9.17, 15) is 0 Å². The molecule has 0 atom stereocenters. The smallest absolute Gasteiger partial charge is 0.191 e. The number of guanidine groups is 1. The Balaban J connectivity index is 1.51. The second-order valence-corrected chi connectivity index (χ2v) is 7.26. The van der Waals surface area contributed by atoms with Gasteiger partial charge in [-0.15, -0.1) is 10.2 Å². The molecule has 1 heterocycles. The van der Waals surface area contributed by atoms with Crippen LogP contribution >= 0.6 is 0 Å². The van der Waals surface area contributed by atoms with E-state index in [0.29, 0.717) is 5.92 Å². The van der Waals surface area contributed by atoms with Crippen molar-refractivity contribution in [2.24, 2.45) is 4.99 Å². The fourth-order valence-electron chi connectivity index (χ4n) is 3.51. The van der Waals surface area contributed by atoms with Gasteiger partial charge in [0.1, 0.15) is 12.7 Å². The Labute approximate surface area is 179 Å². The lowest BCUT2D eigenvalue weighted by molar-refractivity contribution is 0.610. The van der Waals surface area contributed by atoms with Crippen molar-refractivity contribution < 1.29 is 0 Å². The van der Waals surface area contributed by atoms with Crippen molar-refractivity contribution in [3.05, 3.63) is 84.4 Å². The molecule has 0 amide bonds. The van der Waals surface area contributed by atoms with Gasteiger partial charge in [0.15, 0.2) is 5.96 Å². The summed E-state index contributed by atoms with van der Waals surface area (Å²) < 4.78 is 2.00. The third kappa shape index (κ3) is 7.03. The van der Waals surface area contributed by atoms with Crippen LogP contribution in [0.4, 0.5) is 0 Å². The SMILES string of the molecule is CCNC(=NCCCCn1cnnc1)NCCC(c1ccccc1)c1ccccc1. The molecule has 2 aromatic carbocycles. The van der Waals surface area contributed by atoms with Crippen molar-refractivity contribution in [1.82, 2.24) is 25.4 Å². The van der Waals surface area contributed by atoms with Gasteiger partial charge in [-0.05, 0) is 37.3 Å². The van der Waals surface area contributed by atoms with Crippen LogP contribution in [-0.4, -0.2) is 40.4 Å². The summed E-state index contributed by atoms with van der Waals surface area (Å²) in [5.74, 6) is 1.26. The molecule has 0 aliphatic heterocycles. The van der Waals surface area contributed by atoms with Crippen LogP contribution in [0.5, 0.6) is 0 Å². The van der Waals surface area contributed by atoms with Crippen molar-refractivity contribution >= 4 is 5.96 Å². The lowest BCUT2D eigenvalue weighted by atomic mass is 9.88. The van der Waals surface area contributed by atoms with Crippen LogP contribution in [0.2, 0.25) is 0 Å². The van der Waals surface area contributed by atoms with Crippen LogP contribution in [0, 0.1) is 0 Å². The minimum Gasteiger partial charge on any atom is -0.357 e. The minimum atomic E-state index is 0.367. The molecule has 0 aliphatic rings. The maximum absolute atomic E-state index is 4.73. The van der Waals surface area contributed by atoms with Gasteiger partial charge in [0.2, 0.25) is 0 Å². The summed E-state index contributed by atoms with van der Waals surface area (Å²) >= 11 is 0. The Kier molecular flexibility index (Phi) is 8.92. The molecule has 6 heteroatoms. The average molecular weight is 405 g/mol. The number of aliphatic imine (C=N–C) groups is 1. The zero-order valence-corrected chi connectivity index (χ0v) is 17.7. The molecule has 158 valence electrons. The van der Waals surface area contributed by atoms with E-state index in [1.54, 1.807) is 12.7 Å².